The number of aryl methyl sites for hydroxylation is 1. The molecule has 0 radical (unpaired) electrons. The van der Waals surface area contributed by atoms with Crippen molar-refractivity contribution in [1.82, 2.24) is 4.72 Å². The van der Waals surface area contributed by atoms with Gasteiger partial charge in [-0.15, -0.1) is 0 Å². The van der Waals surface area contributed by atoms with E-state index in [4.69, 9.17) is 10.2 Å². The fourth-order valence-corrected chi connectivity index (χ4v) is 3.44. The quantitative estimate of drug-likeness (QED) is 0.645. The van der Waals surface area contributed by atoms with E-state index in [0.29, 0.717) is 11.3 Å². The third-order valence-electron chi connectivity index (χ3n) is 2.96. The summed E-state index contributed by atoms with van der Waals surface area (Å²) in [6, 6.07) is 2.38. The number of thioether (sulfide) groups is 1. The maximum atomic E-state index is 12.2. The van der Waals surface area contributed by atoms with Crippen LogP contribution in [-0.4, -0.2) is 48.6 Å². The summed E-state index contributed by atoms with van der Waals surface area (Å²) < 4.78 is 26.5. The molecular formula is C13H17NO6S2. The van der Waals surface area contributed by atoms with E-state index in [-0.39, 0.29) is 16.9 Å². The highest BCUT2D eigenvalue weighted by molar-refractivity contribution is 7.98. The van der Waals surface area contributed by atoms with E-state index in [1.807, 2.05) is 0 Å². The van der Waals surface area contributed by atoms with Crippen LogP contribution in [0.25, 0.3) is 0 Å². The van der Waals surface area contributed by atoms with Crippen LogP contribution in [0.5, 0.6) is 0 Å². The standard InChI is InChI=1S/C13H17NO6S2/c1-8-3-4-9(7-10(8)12(15)16)22(19,20)14-11(13(17)18)5-6-21-2/h3-4,7,11,14H,5-6H2,1-2H3,(H,15,16)(H,17,18)/t11-/m0/s1. The number of carboxylic acids is 2. The van der Waals surface area contributed by atoms with Crippen LogP contribution in [0.15, 0.2) is 23.1 Å². The lowest BCUT2D eigenvalue weighted by Gasteiger charge is -2.15. The Labute approximate surface area is 132 Å². The molecule has 7 nitrogen and oxygen atoms in total. The van der Waals surface area contributed by atoms with Crippen molar-refractivity contribution in [3.63, 3.8) is 0 Å². The van der Waals surface area contributed by atoms with Gasteiger partial charge in [0, 0.05) is 0 Å². The molecule has 1 rings (SSSR count). The van der Waals surface area contributed by atoms with E-state index in [0.717, 1.165) is 6.07 Å². The Morgan fingerprint density at radius 3 is 2.45 bits per heavy atom. The van der Waals surface area contributed by atoms with Crippen molar-refractivity contribution >= 4 is 33.7 Å². The molecule has 0 aliphatic carbocycles. The van der Waals surface area contributed by atoms with E-state index >= 15 is 0 Å². The second-order valence-electron chi connectivity index (χ2n) is 4.58. The summed E-state index contributed by atoms with van der Waals surface area (Å²) >= 11 is 1.40. The average Bonchev–Trinajstić information content (AvgIpc) is 2.43. The van der Waals surface area contributed by atoms with Crippen LogP contribution in [-0.2, 0) is 14.8 Å². The van der Waals surface area contributed by atoms with Gasteiger partial charge in [-0.05, 0) is 43.0 Å². The Hall–Kier alpha value is -1.58. The Morgan fingerprint density at radius 2 is 1.95 bits per heavy atom. The van der Waals surface area contributed by atoms with E-state index < -0.39 is 28.0 Å². The summed E-state index contributed by atoms with van der Waals surface area (Å²) in [4.78, 5) is 21.9. The molecule has 1 aromatic carbocycles. The van der Waals surface area contributed by atoms with Gasteiger partial charge in [0.05, 0.1) is 10.5 Å². The summed E-state index contributed by atoms with van der Waals surface area (Å²) in [7, 11) is -4.11. The van der Waals surface area contributed by atoms with Gasteiger partial charge in [0.1, 0.15) is 6.04 Å². The molecule has 0 fully saturated rings. The Morgan fingerprint density at radius 1 is 1.32 bits per heavy atom. The van der Waals surface area contributed by atoms with E-state index in [1.165, 1.54) is 23.9 Å². The molecule has 0 aromatic heterocycles. The fourth-order valence-electron chi connectivity index (χ4n) is 1.72. The first-order chi connectivity index (χ1) is 10.2. The molecule has 9 heteroatoms. The molecule has 1 atom stereocenters. The Balaban J connectivity index is 3.10. The number of carboxylic acid groups (broad SMARTS) is 2. The molecule has 0 aliphatic heterocycles. The number of rotatable bonds is 8. The monoisotopic (exact) mass is 347 g/mol. The number of hydrogen-bond acceptors (Lipinski definition) is 5. The van der Waals surface area contributed by atoms with Crippen LogP contribution < -0.4 is 4.72 Å². The fraction of sp³-hybridized carbons (Fsp3) is 0.385. The van der Waals surface area contributed by atoms with Gasteiger partial charge in [0.25, 0.3) is 0 Å². The highest BCUT2D eigenvalue weighted by Gasteiger charge is 2.26. The normalized spacial score (nSPS) is 12.8. The first kappa shape index (κ1) is 18.5. The number of benzene rings is 1. The topological polar surface area (TPSA) is 121 Å². The summed E-state index contributed by atoms with van der Waals surface area (Å²) in [5.74, 6) is -2.04. The van der Waals surface area contributed by atoms with Gasteiger partial charge >= 0.3 is 11.9 Å². The smallest absolute Gasteiger partial charge is 0.335 e. The molecule has 0 heterocycles. The molecule has 0 bridgehead atoms. The number of aliphatic carboxylic acids is 1. The zero-order valence-corrected chi connectivity index (χ0v) is 13.7. The predicted molar refractivity (Wildman–Crippen MR) is 82.9 cm³/mol. The Bertz CT molecular complexity index is 671. The highest BCUT2D eigenvalue weighted by Crippen LogP contribution is 2.16. The maximum absolute atomic E-state index is 12.2. The van der Waals surface area contributed by atoms with E-state index in [2.05, 4.69) is 4.72 Å². The molecule has 0 unspecified atom stereocenters. The van der Waals surface area contributed by atoms with Crippen LogP contribution in [0.2, 0.25) is 0 Å². The SMILES string of the molecule is CSCC[C@H](NS(=O)(=O)c1ccc(C)c(C(=O)O)c1)C(=O)O. The molecular weight excluding hydrogens is 330 g/mol. The number of aromatic carboxylic acids is 1. The van der Waals surface area contributed by atoms with Gasteiger partial charge in [-0.2, -0.15) is 16.5 Å². The largest absolute Gasteiger partial charge is 0.480 e. The molecule has 1 aromatic rings. The number of hydrogen-bond donors (Lipinski definition) is 3. The van der Waals surface area contributed by atoms with Crippen LogP contribution in [0.1, 0.15) is 22.3 Å². The van der Waals surface area contributed by atoms with Crippen LogP contribution in [0.4, 0.5) is 0 Å². The third kappa shape index (κ3) is 4.72. The second kappa shape index (κ2) is 7.61. The minimum absolute atomic E-state index is 0.132. The minimum Gasteiger partial charge on any atom is -0.480 e. The minimum atomic E-state index is -4.11. The van der Waals surface area contributed by atoms with Crippen molar-refractivity contribution in [2.24, 2.45) is 0 Å². The summed E-state index contributed by atoms with van der Waals surface area (Å²) in [5, 5.41) is 18.1. The summed E-state index contributed by atoms with van der Waals surface area (Å²) in [6.07, 6.45) is 1.92. The van der Waals surface area contributed by atoms with Crippen LogP contribution >= 0.6 is 11.8 Å². The lowest BCUT2D eigenvalue weighted by molar-refractivity contribution is -0.139. The average molecular weight is 347 g/mol. The van der Waals surface area contributed by atoms with E-state index in [9.17, 15) is 18.0 Å². The first-order valence-electron chi connectivity index (χ1n) is 6.27. The lowest BCUT2D eigenvalue weighted by atomic mass is 10.1. The van der Waals surface area contributed by atoms with Gasteiger partial charge in [0.2, 0.25) is 10.0 Å². The maximum Gasteiger partial charge on any atom is 0.335 e. The molecule has 0 saturated heterocycles. The number of nitrogens with one attached hydrogen (secondary N) is 1. The highest BCUT2D eigenvalue weighted by atomic mass is 32.2. The van der Waals surface area contributed by atoms with Crippen molar-refractivity contribution in [3.05, 3.63) is 29.3 Å². The summed E-state index contributed by atoms with van der Waals surface area (Å²) in [5.41, 5.74) is 0.280. The van der Waals surface area contributed by atoms with Crippen LogP contribution in [0.3, 0.4) is 0 Å². The number of sulfonamides is 1. The molecule has 0 aliphatic rings. The molecule has 22 heavy (non-hydrogen) atoms. The Kier molecular flexibility index (Phi) is 6.39. The van der Waals surface area contributed by atoms with Gasteiger partial charge in [0.15, 0.2) is 0 Å². The second-order valence-corrected chi connectivity index (χ2v) is 7.28. The van der Waals surface area contributed by atoms with Gasteiger partial charge in [-0.1, -0.05) is 6.07 Å². The van der Waals surface area contributed by atoms with Gasteiger partial charge < -0.3 is 10.2 Å². The van der Waals surface area contributed by atoms with Crippen molar-refractivity contribution in [2.45, 2.75) is 24.3 Å². The molecule has 0 spiro atoms. The van der Waals surface area contributed by atoms with Crippen molar-refractivity contribution in [3.8, 4) is 0 Å². The van der Waals surface area contributed by atoms with Crippen molar-refractivity contribution < 1.29 is 28.2 Å². The third-order valence-corrected chi connectivity index (χ3v) is 5.07. The lowest BCUT2D eigenvalue weighted by Crippen LogP contribution is -2.41. The van der Waals surface area contributed by atoms with E-state index in [1.54, 1.807) is 13.2 Å². The number of carbonyl (C=O) groups is 2. The zero-order chi connectivity index (χ0) is 16.9. The summed E-state index contributed by atoms with van der Waals surface area (Å²) in [6.45, 7) is 1.55. The molecule has 3 N–H and O–H groups in total. The molecule has 0 amide bonds. The van der Waals surface area contributed by atoms with Crippen molar-refractivity contribution in [2.75, 3.05) is 12.0 Å². The molecule has 122 valence electrons. The van der Waals surface area contributed by atoms with Gasteiger partial charge in [-0.25, -0.2) is 13.2 Å². The zero-order valence-electron chi connectivity index (χ0n) is 12.1. The van der Waals surface area contributed by atoms with Gasteiger partial charge in [-0.3, -0.25) is 4.79 Å². The van der Waals surface area contributed by atoms with Crippen molar-refractivity contribution in [1.29, 1.82) is 0 Å². The first-order valence-corrected chi connectivity index (χ1v) is 9.14. The van der Waals surface area contributed by atoms with Crippen LogP contribution in [0, 0.1) is 6.92 Å². The predicted octanol–water partition coefficient (Wildman–Crippen LogP) is 1.18. The molecule has 0 saturated carbocycles.